The molecule has 0 amide bonds. The summed E-state index contributed by atoms with van der Waals surface area (Å²) in [5.41, 5.74) is 0.939. The number of anilines is 1. The highest BCUT2D eigenvalue weighted by Gasteiger charge is 2.23. The summed E-state index contributed by atoms with van der Waals surface area (Å²) in [5.74, 6) is -0.960. The quantitative estimate of drug-likeness (QED) is 0.905. The first kappa shape index (κ1) is 13.2. The van der Waals surface area contributed by atoms with Crippen molar-refractivity contribution in [2.75, 3.05) is 11.9 Å². The average Bonchev–Trinajstić information content (AvgIpc) is 2.38. The number of carboxylic acid groups (broad SMARTS) is 1. The first-order valence-electron chi connectivity index (χ1n) is 6.36. The number of hydrogen-bond acceptors (Lipinski definition) is 2. The lowest BCUT2D eigenvalue weighted by Crippen LogP contribution is -2.34. The molecule has 1 aliphatic rings. The zero-order valence-electron chi connectivity index (χ0n) is 10.5. The van der Waals surface area contributed by atoms with Crippen molar-refractivity contribution in [2.45, 2.75) is 38.1 Å². The number of benzene rings is 1. The van der Waals surface area contributed by atoms with Gasteiger partial charge in [-0.05, 0) is 25.0 Å². The zero-order chi connectivity index (χ0) is 13.1. The molecule has 1 saturated carbocycles. The third-order valence-corrected chi connectivity index (χ3v) is 4.02. The van der Waals surface area contributed by atoms with Gasteiger partial charge in [-0.1, -0.05) is 36.9 Å². The number of hydrogen-bond donors (Lipinski definition) is 1. The molecule has 1 fully saturated rings. The minimum Gasteiger partial charge on any atom is -0.478 e. The Morgan fingerprint density at radius 3 is 2.61 bits per heavy atom. The molecule has 2 rings (SSSR count). The third kappa shape index (κ3) is 2.61. The summed E-state index contributed by atoms with van der Waals surface area (Å²) in [6, 6.07) is 5.70. The van der Waals surface area contributed by atoms with Crippen molar-refractivity contribution in [1.29, 1.82) is 0 Å². The highest BCUT2D eigenvalue weighted by Crippen LogP contribution is 2.31. The summed E-state index contributed by atoms with van der Waals surface area (Å²) < 4.78 is 0. The van der Waals surface area contributed by atoms with E-state index in [9.17, 15) is 9.90 Å². The van der Waals surface area contributed by atoms with Crippen LogP contribution in [0.25, 0.3) is 0 Å². The molecule has 1 aromatic rings. The van der Waals surface area contributed by atoms with Gasteiger partial charge in [0.05, 0.1) is 10.7 Å². The third-order valence-electron chi connectivity index (χ3n) is 3.71. The minimum atomic E-state index is -0.960. The summed E-state index contributed by atoms with van der Waals surface area (Å²) in [7, 11) is 1.97. The number of aromatic carboxylic acids is 1. The molecule has 18 heavy (non-hydrogen) atoms. The molecular weight excluding hydrogens is 250 g/mol. The van der Waals surface area contributed by atoms with Crippen molar-refractivity contribution in [2.24, 2.45) is 0 Å². The molecule has 0 atom stereocenters. The highest BCUT2D eigenvalue weighted by atomic mass is 35.5. The predicted molar refractivity (Wildman–Crippen MR) is 73.7 cm³/mol. The van der Waals surface area contributed by atoms with Crippen molar-refractivity contribution < 1.29 is 9.90 Å². The van der Waals surface area contributed by atoms with Gasteiger partial charge in [0.25, 0.3) is 0 Å². The second-order valence-corrected chi connectivity index (χ2v) is 5.25. The molecule has 1 N–H and O–H groups in total. The van der Waals surface area contributed by atoms with Gasteiger partial charge >= 0.3 is 5.97 Å². The van der Waals surface area contributed by atoms with Gasteiger partial charge in [0.1, 0.15) is 5.56 Å². The maximum Gasteiger partial charge on any atom is 0.339 e. The van der Waals surface area contributed by atoms with Gasteiger partial charge in [0.2, 0.25) is 0 Å². The van der Waals surface area contributed by atoms with E-state index in [4.69, 9.17) is 11.6 Å². The molecule has 1 aromatic carbocycles. The zero-order valence-corrected chi connectivity index (χ0v) is 11.3. The molecule has 0 aliphatic heterocycles. The van der Waals surface area contributed by atoms with E-state index in [1.807, 2.05) is 19.2 Å². The highest BCUT2D eigenvalue weighted by molar-refractivity contribution is 6.34. The predicted octanol–water partition coefficient (Wildman–Crippen LogP) is 3.81. The molecule has 0 unspecified atom stereocenters. The molecular formula is C14H18ClNO2. The van der Waals surface area contributed by atoms with Crippen molar-refractivity contribution >= 4 is 23.3 Å². The summed E-state index contributed by atoms with van der Waals surface area (Å²) in [4.78, 5) is 13.4. The Morgan fingerprint density at radius 1 is 1.33 bits per heavy atom. The van der Waals surface area contributed by atoms with E-state index in [1.165, 1.54) is 19.3 Å². The number of carboxylic acids is 1. The van der Waals surface area contributed by atoms with Crippen molar-refractivity contribution in [3.05, 3.63) is 28.8 Å². The van der Waals surface area contributed by atoms with E-state index in [2.05, 4.69) is 4.90 Å². The first-order valence-corrected chi connectivity index (χ1v) is 6.73. The van der Waals surface area contributed by atoms with Crippen LogP contribution in [0.3, 0.4) is 0 Å². The molecule has 0 heterocycles. The van der Waals surface area contributed by atoms with E-state index in [0.717, 1.165) is 18.5 Å². The molecule has 1 aliphatic carbocycles. The van der Waals surface area contributed by atoms with Gasteiger partial charge in [0, 0.05) is 13.1 Å². The van der Waals surface area contributed by atoms with Gasteiger partial charge in [-0.15, -0.1) is 0 Å². The van der Waals surface area contributed by atoms with Crippen molar-refractivity contribution in [3.63, 3.8) is 0 Å². The fourth-order valence-electron chi connectivity index (χ4n) is 2.68. The van der Waals surface area contributed by atoms with E-state index >= 15 is 0 Å². The minimum absolute atomic E-state index is 0.215. The van der Waals surface area contributed by atoms with Crippen LogP contribution < -0.4 is 4.90 Å². The number of rotatable bonds is 3. The van der Waals surface area contributed by atoms with Gasteiger partial charge in [-0.25, -0.2) is 4.79 Å². The van der Waals surface area contributed by atoms with Crippen LogP contribution in [0.5, 0.6) is 0 Å². The second kappa shape index (κ2) is 5.61. The summed E-state index contributed by atoms with van der Waals surface area (Å²) in [6.45, 7) is 0. The van der Waals surface area contributed by atoms with Crippen LogP contribution in [0.1, 0.15) is 42.5 Å². The maximum absolute atomic E-state index is 11.3. The van der Waals surface area contributed by atoms with Gasteiger partial charge < -0.3 is 10.0 Å². The van der Waals surface area contributed by atoms with Crippen molar-refractivity contribution in [3.8, 4) is 0 Å². The van der Waals surface area contributed by atoms with E-state index in [0.29, 0.717) is 11.1 Å². The Hall–Kier alpha value is -1.22. The molecule has 0 spiro atoms. The Balaban J connectivity index is 2.31. The van der Waals surface area contributed by atoms with Gasteiger partial charge in [-0.2, -0.15) is 0 Å². The lowest BCUT2D eigenvalue weighted by atomic mass is 9.94. The van der Waals surface area contributed by atoms with Crippen LogP contribution in [-0.4, -0.2) is 24.2 Å². The number of nitrogens with zero attached hydrogens (tertiary/aromatic N) is 1. The Bertz CT molecular complexity index is 441. The molecule has 98 valence electrons. The van der Waals surface area contributed by atoms with E-state index in [-0.39, 0.29) is 5.56 Å². The Labute approximate surface area is 112 Å². The lowest BCUT2D eigenvalue weighted by molar-refractivity contribution is 0.0697. The maximum atomic E-state index is 11.3. The van der Waals surface area contributed by atoms with Gasteiger partial charge in [-0.3, -0.25) is 0 Å². The van der Waals surface area contributed by atoms with E-state index in [1.54, 1.807) is 6.07 Å². The SMILES string of the molecule is CN(c1cccc(Cl)c1C(=O)O)C1CCCCC1. The van der Waals surface area contributed by atoms with Crippen LogP contribution in [-0.2, 0) is 0 Å². The monoisotopic (exact) mass is 267 g/mol. The molecule has 0 bridgehead atoms. The molecule has 0 saturated heterocycles. The molecule has 0 aromatic heterocycles. The van der Waals surface area contributed by atoms with Gasteiger partial charge in [0.15, 0.2) is 0 Å². The Kier molecular flexibility index (Phi) is 4.12. The van der Waals surface area contributed by atoms with Crippen LogP contribution in [0, 0.1) is 0 Å². The average molecular weight is 268 g/mol. The molecule has 3 nitrogen and oxygen atoms in total. The smallest absolute Gasteiger partial charge is 0.339 e. The number of carbonyl (C=O) groups is 1. The fourth-order valence-corrected chi connectivity index (χ4v) is 2.93. The van der Waals surface area contributed by atoms with E-state index < -0.39 is 5.97 Å². The summed E-state index contributed by atoms with van der Waals surface area (Å²) in [6.07, 6.45) is 5.98. The fraction of sp³-hybridized carbons (Fsp3) is 0.500. The lowest BCUT2D eigenvalue weighted by Gasteiger charge is -2.33. The van der Waals surface area contributed by atoms with Crippen LogP contribution >= 0.6 is 11.6 Å². The second-order valence-electron chi connectivity index (χ2n) is 4.84. The largest absolute Gasteiger partial charge is 0.478 e. The summed E-state index contributed by atoms with van der Waals surface area (Å²) >= 11 is 6.00. The standard InChI is InChI=1S/C14H18ClNO2/c1-16(10-6-3-2-4-7-10)12-9-5-8-11(15)13(12)14(17)18/h5,8-10H,2-4,6-7H2,1H3,(H,17,18). The summed E-state index contributed by atoms with van der Waals surface area (Å²) in [5, 5.41) is 9.59. The van der Waals surface area contributed by atoms with Crippen LogP contribution in [0.15, 0.2) is 18.2 Å². The van der Waals surface area contributed by atoms with Crippen molar-refractivity contribution in [1.82, 2.24) is 0 Å². The number of halogens is 1. The van der Waals surface area contributed by atoms with Crippen LogP contribution in [0.4, 0.5) is 5.69 Å². The Morgan fingerprint density at radius 2 is 2.00 bits per heavy atom. The normalized spacial score (nSPS) is 16.6. The topological polar surface area (TPSA) is 40.5 Å². The molecule has 4 heteroatoms. The van der Waals surface area contributed by atoms with Crippen LogP contribution in [0.2, 0.25) is 5.02 Å². The first-order chi connectivity index (χ1) is 8.61. The molecule has 0 radical (unpaired) electrons.